The van der Waals surface area contributed by atoms with Crippen molar-refractivity contribution in [3.8, 4) is 5.75 Å². The van der Waals surface area contributed by atoms with Gasteiger partial charge in [-0.1, -0.05) is 23.7 Å². The van der Waals surface area contributed by atoms with E-state index in [9.17, 15) is 9.18 Å². The Morgan fingerprint density at radius 1 is 1.32 bits per heavy atom. The molecule has 22 heavy (non-hydrogen) atoms. The second-order valence-corrected chi connectivity index (χ2v) is 5.07. The molecule has 2 aromatic rings. The Hall–Kier alpha value is -2.33. The summed E-state index contributed by atoms with van der Waals surface area (Å²) in [5, 5.41) is 2.94. The molecule has 0 aliphatic heterocycles. The summed E-state index contributed by atoms with van der Waals surface area (Å²) in [5.41, 5.74) is 1.71. The summed E-state index contributed by atoms with van der Waals surface area (Å²) in [5.74, 6) is -0.329. The van der Waals surface area contributed by atoms with Crippen LogP contribution in [0.3, 0.4) is 0 Å². The summed E-state index contributed by atoms with van der Waals surface area (Å²) in [6.07, 6.45) is 2.57. The predicted molar refractivity (Wildman–Crippen MR) is 86.8 cm³/mol. The molecule has 1 amide bonds. The van der Waals surface area contributed by atoms with Gasteiger partial charge >= 0.3 is 0 Å². The van der Waals surface area contributed by atoms with Gasteiger partial charge in [-0.05, 0) is 42.8 Å². The highest BCUT2D eigenvalue weighted by Crippen LogP contribution is 2.25. The van der Waals surface area contributed by atoms with Gasteiger partial charge in [0.2, 0.25) is 5.91 Å². The van der Waals surface area contributed by atoms with E-state index in [1.807, 2.05) is 13.0 Å². The van der Waals surface area contributed by atoms with E-state index in [1.54, 1.807) is 18.2 Å². The fraction of sp³-hybridized carbons (Fsp3) is 0.118. The van der Waals surface area contributed by atoms with Gasteiger partial charge in [-0.25, -0.2) is 4.39 Å². The Labute approximate surface area is 133 Å². The lowest BCUT2D eigenvalue weighted by Gasteiger charge is -2.09. The van der Waals surface area contributed by atoms with Crippen LogP contribution in [0.4, 0.5) is 10.1 Å². The van der Waals surface area contributed by atoms with Gasteiger partial charge in [0.15, 0.2) is 0 Å². The summed E-state index contributed by atoms with van der Waals surface area (Å²) in [4.78, 5) is 12.0. The monoisotopic (exact) mass is 319 g/mol. The Morgan fingerprint density at radius 3 is 2.77 bits per heavy atom. The highest BCUT2D eigenvalue weighted by Gasteiger charge is 2.07. The average molecular weight is 320 g/mol. The minimum absolute atomic E-state index is 0.176. The molecule has 0 aliphatic rings. The number of amides is 1. The fourth-order valence-corrected chi connectivity index (χ4v) is 2.15. The van der Waals surface area contributed by atoms with Crippen molar-refractivity contribution in [2.45, 2.75) is 6.92 Å². The molecular weight excluding hydrogens is 305 g/mol. The first kappa shape index (κ1) is 16.0. The van der Waals surface area contributed by atoms with E-state index in [1.165, 1.54) is 31.4 Å². The van der Waals surface area contributed by atoms with E-state index in [4.69, 9.17) is 16.3 Å². The predicted octanol–water partition coefficient (Wildman–Crippen LogP) is 4.45. The van der Waals surface area contributed by atoms with E-state index < -0.39 is 11.7 Å². The number of carbonyl (C=O) groups excluding carboxylic acids is 1. The van der Waals surface area contributed by atoms with Crippen molar-refractivity contribution < 1.29 is 13.9 Å². The average Bonchev–Trinajstić information content (AvgIpc) is 2.47. The van der Waals surface area contributed by atoms with E-state index in [-0.39, 0.29) is 10.6 Å². The molecule has 5 heteroatoms. The Morgan fingerprint density at radius 2 is 2.09 bits per heavy atom. The van der Waals surface area contributed by atoms with Crippen molar-refractivity contribution in [3.05, 3.63) is 64.4 Å². The van der Waals surface area contributed by atoms with Crippen molar-refractivity contribution in [1.29, 1.82) is 0 Å². The van der Waals surface area contributed by atoms with Gasteiger partial charge < -0.3 is 10.1 Å². The maximum atomic E-state index is 13.6. The van der Waals surface area contributed by atoms with E-state index >= 15 is 0 Å². The number of hydrogen-bond donors (Lipinski definition) is 1. The molecule has 0 unspecified atom stereocenters. The molecule has 0 aliphatic carbocycles. The topological polar surface area (TPSA) is 38.3 Å². The first-order chi connectivity index (χ1) is 10.5. The van der Waals surface area contributed by atoms with Crippen LogP contribution < -0.4 is 10.1 Å². The molecule has 0 saturated heterocycles. The first-order valence-corrected chi connectivity index (χ1v) is 6.97. The summed E-state index contributed by atoms with van der Waals surface area (Å²) in [6, 6.07) is 9.79. The number of nitrogens with one attached hydrogen (secondary N) is 1. The lowest BCUT2D eigenvalue weighted by atomic mass is 10.2. The highest BCUT2D eigenvalue weighted by molar-refractivity contribution is 6.32. The van der Waals surface area contributed by atoms with Crippen molar-refractivity contribution in [2.75, 3.05) is 12.4 Å². The molecule has 3 nitrogen and oxygen atoms in total. The molecule has 2 aromatic carbocycles. The van der Waals surface area contributed by atoms with Gasteiger partial charge in [-0.15, -0.1) is 0 Å². The molecule has 0 heterocycles. The van der Waals surface area contributed by atoms with Crippen LogP contribution in [0.25, 0.3) is 6.08 Å². The number of benzene rings is 2. The number of carbonyl (C=O) groups is 1. The fourth-order valence-electron chi connectivity index (χ4n) is 1.92. The molecule has 0 spiro atoms. The third kappa shape index (κ3) is 3.86. The van der Waals surface area contributed by atoms with E-state index in [0.717, 1.165) is 5.56 Å². The summed E-state index contributed by atoms with van der Waals surface area (Å²) in [6.45, 7) is 1.91. The lowest BCUT2D eigenvalue weighted by Crippen LogP contribution is -2.09. The van der Waals surface area contributed by atoms with Crippen LogP contribution >= 0.6 is 11.6 Å². The molecule has 0 bridgehead atoms. The van der Waals surface area contributed by atoms with Crippen LogP contribution in [-0.2, 0) is 4.79 Å². The number of halogens is 2. The van der Waals surface area contributed by atoms with Crippen LogP contribution in [0.2, 0.25) is 5.02 Å². The van der Waals surface area contributed by atoms with E-state index in [0.29, 0.717) is 11.4 Å². The maximum absolute atomic E-state index is 13.6. The van der Waals surface area contributed by atoms with Crippen molar-refractivity contribution in [3.63, 3.8) is 0 Å². The number of anilines is 1. The zero-order valence-corrected chi connectivity index (χ0v) is 12.9. The Bertz CT molecular complexity index is 708. The summed E-state index contributed by atoms with van der Waals surface area (Å²) in [7, 11) is 1.52. The third-order valence-corrected chi connectivity index (χ3v) is 3.34. The van der Waals surface area contributed by atoms with Crippen molar-refractivity contribution in [1.82, 2.24) is 0 Å². The summed E-state index contributed by atoms with van der Waals surface area (Å²) >= 11 is 5.90. The van der Waals surface area contributed by atoms with E-state index in [2.05, 4.69) is 5.32 Å². The smallest absolute Gasteiger partial charge is 0.248 e. The normalized spacial score (nSPS) is 10.7. The number of rotatable bonds is 4. The lowest BCUT2D eigenvalue weighted by molar-refractivity contribution is -0.111. The van der Waals surface area contributed by atoms with Crippen molar-refractivity contribution in [2.24, 2.45) is 0 Å². The summed E-state index contributed by atoms with van der Waals surface area (Å²) < 4.78 is 18.8. The third-order valence-electron chi connectivity index (χ3n) is 3.01. The van der Waals surface area contributed by atoms with Gasteiger partial charge in [0.25, 0.3) is 0 Å². The van der Waals surface area contributed by atoms with Crippen LogP contribution in [0.5, 0.6) is 5.75 Å². The van der Waals surface area contributed by atoms with Crippen molar-refractivity contribution >= 4 is 29.3 Å². The minimum Gasteiger partial charge on any atom is -0.495 e. The molecule has 2 rings (SSSR count). The Balaban J connectivity index is 2.17. The van der Waals surface area contributed by atoms with Gasteiger partial charge in [-0.2, -0.15) is 0 Å². The molecule has 0 saturated carbocycles. The minimum atomic E-state index is -0.482. The van der Waals surface area contributed by atoms with Gasteiger partial charge in [-0.3, -0.25) is 4.79 Å². The standard InChI is InChI=1S/C17H15ClFNO2/c1-11-6-8-16(22-2)15(10-11)20-17(21)9-7-12-13(18)4-3-5-14(12)19/h3-10H,1-2H3,(H,20,21)/b9-7+. The second kappa shape index (κ2) is 7.09. The quantitative estimate of drug-likeness (QED) is 0.846. The maximum Gasteiger partial charge on any atom is 0.248 e. The molecule has 0 atom stereocenters. The van der Waals surface area contributed by atoms with Crippen LogP contribution in [0.15, 0.2) is 42.5 Å². The van der Waals surface area contributed by atoms with Crippen LogP contribution in [-0.4, -0.2) is 13.0 Å². The SMILES string of the molecule is COc1ccc(C)cc1NC(=O)/C=C/c1c(F)cccc1Cl. The second-order valence-electron chi connectivity index (χ2n) is 4.66. The van der Waals surface area contributed by atoms with Crippen LogP contribution in [0, 0.1) is 12.7 Å². The number of aryl methyl sites for hydroxylation is 1. The molecular formula is C17H15ClFNO2. The molecule has 0 radical (unpaired) electrons. The molecule has 0 fully saturated rings. The first-order valence-electron chi connectivity index (χ1n) is 6.59. The van der Waals surface area contributed by atoms with Crippen LogP contribution in [0.1, 0.15) is 11.1 Å². The number of ether oxygens (including phenoxy) is 1. The van der Waals surface area contributed by atoms with Gasteiger partial charge in [0.1, 0.15) is 11.6 Å². The van der Waals surface area contributed by atoms with Gasteiger partial charge in [0.05, 0.1) is 17.8 Å². The molecule has 0 aromatic heterocycles. The van der Waals surface area contributed by atoms with Gasteiger partial charge in [0, 0.05) is 11.6 Å². The number of methoxy groups -OCH3 is 1. The molecule has 114 valence electrons. The number of hydrogen-bond acceptors (Lipinski definition) is 2. The zero-order chi connectivity index (χ0) is 16.1. The largest absolute Gasteiger partial charge is 0.495 e. The zero-order valence-electron chi connectivity index (χ0n) is 12.2. The Kier molecular flexibility index (Phi) is 5.17. The highest BCUT2D eigenvalue weighted by atomic mass is 35.5. The molecule has 1 N–H and O–H groups in total.